The number of amides is 1. The van der Waals surface area contributed by atoms with Gasteiger partial charge in [-0.05, 0) is 45.1 Å². The van der Waals surface area contributed by atoms with Crippen molar-refractivity contribution in [2.24, 2.45) is 4.99 Å². The van der Waals surface area contributed by atoms with Crippen molar-refractivity contribution in [2.45, 2.75) is 31.9 Å². The van der Waals surface area contributed by atoms with Gasteiger partial charge in [0.05, 0.1) is 0 Å². The Labute approximate surface area is 149 Å². The van der Waals surface area contributed by atoms with E-state index in [0.29, 0.717) is 5.96 Å². The molecule has 0 atom stereocenters. The second-order valence-corrected chi connectivity index (χ2v) is 7.95. The number of aliphatic imine (C=N–C) groups is 1. The molecule has 1 aromatic rings. The number of nitrogens with one attached hydrogen (secondary N) is 2. The van der Waals surface area contributed by atoms with Crippen molar-refractivity contribution >= 4 is 29.3 Å². The third-order valence-corrected chi connectivity index (χ3v) is 5.39. The van der Waals surface area contributed by atoms with Gasteiger partial charge in [0.2, 0.25) is 5.91 Å². The lowest BCUT2D eigenvalue weighted by Crippen LogP contribution is -2.44. The van der Waals surface area contributed by atoms with Crippen molar-refractivity contribution in [2.75, 3.05) is 37.3 Å². The van der Waals surface area contributed by atoms with E-state index in [0.717, 1.165) is 31.7 Å². The predicted octanol–water partition coefficient (Wildman–Crippen LogP) is 2.27. The van der Waals surface area contributed by atoms with Crippen molar-refractivity contribution < 1.29 is 4.79 Å². The number of fused-ring (bicyclic) bond motifs is 1. The van der Waals surface area contributed by atoms with Crippen LogP contribution in [0.5, 0.6) is 0 Å². The zero-order valence-corrected chi connectivity index (χ0v) is 15.9. The summed E-state index contributed by atoms with van der Waals surface area (Å²) in [5, 5.41) is 6.53. The number of rotatable bonds is 6. The first-order chi connectivity index (χ1) is 11.5. The van der Waals surface area contributed by atoms with Gasteiger partial charge in [-0.2, -0.15) is 11.8 Å². The van der Waals surface area contributed by atoms with E-state index in [1.54, 1.807) is 11.8 Å². The summed E-state index contributed by atoms with van der Waals surface area (Å²) in [5.74, 6) is 0.738. The Balaban J connectivity index is 1.97. The first-order valence-corrected chi connectivity index (χ1v) is 9.65. The Bertz CT molecular complexity index is 600. The molecule has 1 heterocycles. The van der Waals surface area contributed by atoms with E-state index in [-0.39, 0.29) is 17.2 Å². The molecule has 24 heavy (non-hydrogen) atoms. The molecule has 0 saturated heterocycles. The molecule has 0 fully saturated rings. The van der Waals surface area contributed by atoms with Crippen molar-refractivity contribution in [1.82, 2.24) is 10.6 Å². The average molecular weight is 349 g/mol. The largest absolute Gasteiger partial charge is 0.357 e. The molecular formula is C18H28N4OS. The quantitative estimate of drug-likeness (QED) is 0.612. The van der Waals surface area contributed by atoms with Crippen LogP contribution >= 0.6 is 11.8 Å². The number of hydrogen-bond donors (Lipinski definition) is 2. The molecule has 0 bridgehead atoms. The number of anilines is 1. The van der Waals surface area contributed by atoms with Gasteiger partial charge < -0.3 is 15.5 Å². The smallest absolute Gasteiger partial charge is 0.248 e. The molecule has 1 aromatic carbocycles. The fraction of sp³-hybridized carbons (Fsp3) is 0.556. The first-order valence-electron chi connectivity index (χ1n) is 8.42. The molecule has 1 aliphatic heterocycles. The fourth-order valence-electron chi connectivity index (χ4n) is 2.54. The highest BCUT2D eigenvalue weighted by molar-refractivity contribution is 7.99. The zero-order chi connectivity index (χ0) is 17.6. The van der Waals surface area contributed by atoms with E-state index in [9.17, 15) is 4.79 Å². The van der Waals surface area contributed by atoms with Crippen LogP contribution in [0.15, 0.2) is 29.3 Å². The topological polar surface area (TPSA) is 56.7 Å². The lowest BCUT2D eigenvalue weighted by molar-refractivity contribution is -0.117. The molecule has 0 aliphatic carbocycles. The highest BCUT2D eigenvalue weighted by Gasteiger charge is 2.23. The lowest BCUT2D eigenvalue weighted by Gasteiger charge is -2.24. The third kappa shape index (κ3) is 4.90. The SMILES string of the molecule is CCNC(=NCC(=O)N1CCc2ccccc21)NCC(C)(C)SC. The van der Waals surface area contributed by atoms with Gasteiger partial charge in [0.25, 0.3) is 0 Å². The number of para-hydroxylation sites is 1. The van der Waals surface area contributed by atoms with Crippen LogP contribution in [0.25, 0.3) is 0 Å². The van der Waals surface area contributed by atoms with Crippen LogP contribution in [-0.2, 0) is 11.2 Å². The van der Waals surface area contributed by atoms with E-state index in [1.165, 1.54) is 5.56 Å². The van der Waals surface area contributed by atoms with Gasteiger partial charge in [0.1, 0.15) is 6.54 Å². The molecule has 1 aliphatic rings. The Kier molecular flexibility index (Phi) is 6.54. The molecule has 0 saturated carbocycles. The normalized spacial score (nSPS) is 14.5. The molecular weight excluding hydrogens is 320 g/mol. The van der Waals surface area contributed by atoms with Crippen molar-refractivity contribution in [3.05, 3.63) is 29.8 Å². The summed E-state index contributed by atoms with van der Waals surface area (Å²) in [6.45, 7) is 8.85. The van der Waals surface area contributed by atoms with Gasteiger partial charge in [-0.25, -0.2) is 4.99 Å². The van der Waals surface area contributed by atoms with Gasteiger partial charge >= 0.3 is 0 Å². The minimum absolute atomic E-state index is 0.0429. The molecule has 132 valence electrons. The van der Waals surface area contributed by atoms with E-state index < -0.39 is 0 Å². The monoisotopic (exact) mass is 348 g/mol. The summed E-state index contributed by atoms with van der Waals surface area (Å²) >= 11 is 1.80. The summed E-state index contributed by atoms with van der Waals surface area (Å²) in [4.78, 5) is 18.8. The summed E-state index contributed by atoms with van der Waals surface area (Å²) in [7, 11) is 0. The molecule has 0 aromatic heterocycles. The fourth-order valence-corrected chi connectivity index (χ4v) is 2.76. The predicted molar refractivity (Wildman–Crippen MR) is 104 cm³/mol. The van der Waals surface area contributed by atoms with Gasteiger partial charge in [0, 0.05) is 30.1 Å². The summed E-state index contributed by atoms with van der Waals surface area (Å²) in [5.41, 5.74) is 2.26. The molecule has 0 unspecified atom stereocenters. The zero-order valence-electron chi connectivity index (χ0n) is 15.1. The second kappa shape index (κ2) is 8.42. The first kappa shape index (κ1) is 18.6. The van der Waals surface area contributed by atoms with Gasteiger partial charge in [0.15, 0.2) is 5.96 Å². The number of benzene rings is 1. The van der Waals surface area contributed by atoms with E-state index in [4.69, 9.17) is 0 Å². The molecule has 0 radical (unpaired) electrons. The number of thioether (sulfide) groups is 1. The van der Waals surface area contributed by atoms with Gasteiger partial charge in [-0.3, -0.25) is 4.79 Å². The number of carbonyl (C=O) groups excluding carboxylic acids is 1. The second-order valence-electron chi connectivity index (χ2n) is 6.44. The van der Waals surface area contributed by atoms with Gasteiger partial charge in [-0.15, -0.1) is 0 Å². The maximum Gasteiger partial charge on any atom is 0.248 e. The van der Waals surface area contributed by atoms with Crippen molar-refractivity contribution in [3.63, 3.8) is 0 Å². The van der Waals surface area contributed by atoms with Crippen LogP contribution in [0.1, 0.15) is 26.3 Å². The summed E-state index contributed by atoms with van der Waals surface area (Å²) < 4.78 is 0.119. The Morgan fingerprint density at radius 3 is 2.79 bits per heavy atom. The molecule has 2 N–H and O–H groups in total. The molecule has 1 amide bonds. The summed E-state index contributed by atoms with van der Waals surface area (Å²) in [6, 6.07) is 8.09. The Morgan fingerprint density at radius 1 is 1.33 bits per heavy atom. The minimum Gasteiger partial charge on any atom is -0.357 e. The standard InChI is InChI=1S/C18H28N4OS/c1-5-19-17(21-13-18(2,3)24-4)20-12-16(23)22-11-10-14-8-6-7-9-15(14)22/h6-9H,5,10-13H2,1-4H3,(H2,19,20,21). The van der Waals surface area contributed by atoms with E-state index in [1.807, 2.05) is 30.0 Å². The Hall–Kier alpha value is -1.69. The van der Waals surface area contributed by atoms with Crippen molar-refractivity contribution in [3.8, 4) is 0 Å². The third-order valence-electron chi connectivity index (χ3n) is 4.14. The van der Waals surface area contributed by atoms with E-state index >= 15 is 0 Å². The maximum absolute atomic E-state index is 12.5. The van der Waals surface area contributed by atoms with Crippen LogP contribution in [0.2, 0.25) is 0 Å². The highest BCUT2D eigenvalue weighted by atomic mass is 32.2. The molecule has 0 spiro atoms. The number of carbonyl (C=O) groups is 1. The van der Waals surface area contributed by atoms with Crippen LogP contribution < -0.4 is 15.5 Å². The minimum atomic E-state index is 0.0429. The maximum atomic E-state index is 12.5. The van der Waals surface area contributed by atoms with Crippen LogP contribution in [-0.4, -0.2) is 49.0 Å². The molecule has 2 rings (SSSR count). The Morgan fingerprint density at radius 2 is 2.08 bits per heavy atom. The number of guanidine groups is 1. The highest BCUT2D eigenvalue weighted by Crippen LogP contribution is 2.27. The van der Waals surface area contributed by atoms with Crippen LogP contribution in [0.4, 0.5) is 5.69 Å². The van der Waals surface area contributed by atoms with Crippen LogP contribution in [0, 0.1) is 0 Å². The van der Waals surface area contributed by atoms with Crippen LogP contribution in [0.3, 0.4) is 0 Å². The average Bonchev–Trinajstić information content (AvgIpc) is 3.01. The van der Waals surface area contributed by atoms with Crippen molar-refractivity contribution in [1.29, 1.82) is 0 Å². The summed E-state index contributed by atoms with van der Waals surface area (Å²) in [6.07, 6.45) is 3.02. The lowest BCUT2D eigenvalue weighted by atomic mass is 10.2. The van der Waals surface area contributed by atoms with E-state index in [2.05, 4.69) is 41.8 Å². The molecule has 5 nitrogen and oxygen atoms in total. The number of nitrogens with zero attached hydrogens (tertiary/aromatic N) is 2. The van der Waals surface area contributed by atoms with Gasteiger partial charge in [-0.1, -0.05) is 18.2 Å². The number of hydrogen-bond acceptors (Lipinski definition) is 3. The molecule has 6 heteroatoms.